The van der Waals surface area contributed by atoms with Crippen molar-refractivity contribution >= 4 is 46.4 Å². The van der Waals surface area contributed by atoms with Crippen LogP contribution in [0, 0.1) is 0 Å². The van der Waals surface area contributed by atoms with Crippen LogP contribution < -0.4 is 0 Å². The summed E-state index contributed by atoms with van der Waals surface area (Å²) in [6.07, 6.45) is 0. The predicted molar refractivity (Wildman–Crippen MR) is 109 cm³/mol. The van der Waals surface area contributed by atoms with E-state index >= 15 is 0 Å². The minimum atomic E-state index is 0.240. The Hall–Kier alpha value is -2.12. The third-order valence-electron chi connectivity index (χ3n) is 3.32. The van der Waals surface area contributed by atoms with Crippen molar-refractivity contribution < 1.29 is 9.05 Å². The molecule has 0 aliphatic rings. The van der Waals surface area contributed by atoms with Gasteiger partial charge in [-0.3, -0.25) is 0 Å². The van der Waals surface area contributed by atoms with E-state index in [0.29, 0.717) is 33.5 Å². The summed E-state index contributed by atoms with van der Waals surface area (Å²) in [4.78, 5) is 8.14. The van der Waals surface area contributed by atoms with Gasteiger partial charge in [0.2, 0.25) is 0 Å². The number of hydrogen-bond acceptors (Lipinski definition) is 6. The fraction of sp³-hybridized carbons (Fsp3) is 0.111. The number of hydrogen-bond donors (Lipinski definition) is 0. The number of benzene rings is 2. The fourth-order valence-corrected chi connectivity index (χ4v) is 2.69. The first-order valence-corrected chi connectivity index (χ1v) is 9.70. The van der Waals surface area contributed by atoms with Crippen LogP contribution in [0.5, 0.6) is 0 Å². The summed E-state index contributed by atoms with van der Waals surface area (Å²) in [5, 5.41) is 8.62. The third kappa shape index (κ3) is 5.45. The molecule has 4 aromatic rings. The highest BCUT2D eigenvalue weighted by Crippen LogP contribution is 2.22. The van der Waals surface area contributed by atoms with Gasteiger partial charge in [0.1, 0.15) is 0 Å². The second-order valence-corrected chi connectivity index (χ2v) is 6.73. The predicted octanol–water partition coefficient (Wildman–Crippen LogP) is 6.26. The molecule has 0 atom stereocenters. The summed E-state index contributed by atoms with van der Waals surface area (Å²) in [7, 11) is 0. The van der Waals surface area contributed by atoms with Gasteiger partial charge >= 0.3 is 0 Å². The molecular weight excluding hydrogens is 446 g/mol. The molecule has 10 heteroatoms. The molecule has 0 aliphatic heterocycles. The highest BCUT2D eigenvalue weighted by Gasteiger charge is 2.08. The Bertz CT molecular complexity index is 968. The van der Waals surface area contributed by atoms with E-state index in [4.69, 9.17) is 55.4 Å². The Labute approximate surface area is 180 Å². The minimum absolute atomic E-state index is 0.240. The Morgan fingerprint density at radius 2 is 1.11 bits per heavy atom. The molecule has 0 amide bonds. The number of halogens is 4. The van der Waals surface area contributed by atoms with Crippen LogP contribution >= 0.6 is 46.4 Å². The third-order valence-corrected chi connectivity index (χ3v) is 4.27. The molecular formula is C18H12Cl4N4O2. The molecule has 28 heavy (non-hydrogen) atoms. The summed E-state index contributed by atoms with van der Waals surface area (Å²) < 4.78 is 9.98. The van der Waals surface area contributed by atoms with E-state index < -0.39 is 0 Å². The van der Waals surface area contributed by atoms with Gasteiger partial charge in [0.25, 0.3) is 11.8 Å². The van der Waals surface area contributed by atoms with E-state index in [2.05, 4.69) is 20.3 Å². The van der Waals surface area contributed by atoms with Crippen molar-refractivity contribution in [3.05, 3.63) is 70.2 Å². The molecule has 0 spiro atoms. The zero-order chi connectivity index (χ0) is 19.9. The average Bonchev–Trinajstić information content (AvgIpc) is 3.38. The van der Waals surface area contributed by atoms with E-state index in [9.17, 15) is 0 Å². The Morgan fingerprint density at radius 3 is 1.43 bits per heavy atom. The Morgan fingerprint density at radius 1 is 0.679 bits per heavy atom. The smallest absolute Gasteiger partial charge is 0.258 e. The van der Waals surface area contributed by atoms with Crippen LogP contribution in [0.15, 0.2) is 57.6 Å². The maximum atomic E-state index is 5.82. The zero-order valence-corrected chi connectivity index (χ0v) is 17.2. The van der Waals surface area contributed by atoms with Crippen LogP contribution in [0.25, 0.3) is 22.9 Å². The standard InChI is InChI=1S/2C9H6Cl2N2O/c2*10-5-8-12-9(14-13-8)6-2-1-3-7(11)4-6/h2*1-4H,5H2. The van der Waals surface area contributed by atoms with Gasteiger partial charge in [-0.05, 0) is 36.4 Å². The first kappa shape index (κ1) is 20.6. The molecule has 0 N–H and O–H groups in total. The summed E-state index contributed by atoms with van der Waals surface area (Å²) in [5.41, 5.74) is 1.59. The topological polar surface area (TPSA) is 77.8 Å². The lowest BCUT2D eigenvalue weighted by Crippen LogP contribution is -1.80. The molecule has 0 saturated heterocycles. The molecule has 0 fully saturated rings. The summed E-state index contributed by atoms with van der Waals surface area (Å²) >= 11 is 22.7. The average molecular weight is 458 g/mol. The lowest BCUT2D eigenvalue weighted by Gasteiger charge is -1.93. The van der Waals surface area contributed by atoms with Crippen molar-refractivity contribution in [2.45, 2.75) is 11.8 Å². The maximum absolute atomic E-state index is 5.82. The van der Waals surface area contributed by atoms with Crippen LogP contribution in [0.1, 0.15) is 11.6 Å². The first-order chi connectivity index (χ1) is 13.6. The molecule has 0 unspecified atom stereocenters. The quantitative estimate of drug-likeness (QED) is 0.336. The molecule has 6 nitrogen and oxygen atoms in total. The van der Waals surface area contributed by atoms with Gasteiger partial charge in [-0.15, -0.1) is 23.2 Å². The van der Waals surface area contributed by atoms with Crippen LogP contribution in [0.4, 0.5) is 0 Å². The maximum Gasteiger partial charge on any atom is 0.258 e. The van der Waals surface area contributed by atoms with Crippen molar-refractivity contribution in [2.75, 3.05) is 0 Å². The largest absolute Gasteiger partial charge is 0.334 e. The van der Waals surface area contributed by atoms with Gasteiger partial charge in [0.05, 0.1) is 11.8 Å². The van der Waals surface area contributed by atoms with Crippen LogP contribution in [0.3, 0.4) is 0 Å². The highest BCUT2D eigenvalue weighted by molar-refractivity contribution is 6.31. The van der Waals surface area contributed by atoms with Crippen molar-refractivity contribution in [1.82, 2.24) is 20.3 Å². The SMILES string of the molecule is ClCc1noc(-c2cccc(Cl)c2)n1.ClCc1noc(-c2cccc(Cl)c2)n1. The van der Waals surface area contributed by atoms with Crippen molar-refractivity contribution in [3.63, 3.8) is 0 Å². The van der Waals surface area contributed by atoms with Gasteiger partial charge < -0.3 is 9.05 Å². The molecule has 4 rings (SSSR count). The van der Waals surface area contributed by atoms with Gasteiger partial charge in [0.15, 0.2) is 11.6 Å². The van der Waals surface area contributed by atoms with Crippen LogP contribution in [-0.4, -0.2) is 20.3 Å². The van der Waals surface area contributed by atoms with Gasteiger partial charge in [-0.25, -0.2) is 0 Å². The highest BCUT2D eigenvalue weighted by atomic mass is 35.5. The van der Waals surface area contributed by atoms with E-state index in [1.165, 1.54) is 0 Å². The number of rotatable bonds is 4. The molecule has 144 valence electrons. The van der Waals surface area contributed by atoms with Gasteiger partial charge in [-0.1, -0.05) is 45.6 Å². The molecule has 2 heterocycles. The minimum Gasteiger partial charge on any atom is -0.334 e. The van der Waals surface area contributed by atoms with Crippen LogP contribution in [-0.2, 0) is 11.8 Å². The lowest BCUT2D eigenvalue weighted by atomic mass is 10.2. The molecule has 0 aliphatic carbocycles. The number of alkyl halides is 2. The summed E-state index contributed by atoms with van der Waals surface area (Å²) in [6, 6.07) is 14.4. The first-order valence-electron chi connectivity index (χ1n) is 7.88. The summed E-state index contributed by atoms with van der Waals surface area (Å²) in [5.74, 6) is 2.29. The number of aromatic nitrogens is 4. The molecule has 2 aromatic carbocycles. The van der Waals surface area contributed by atoms with Gasteiger partial charge in [0, 0.05) is 21.2 Å². The summed E-state index contributed by atoms with van der Waals surface area (Å²) in [6.45, 7) is 0. The molecule has 0 radical (unpaired) electrons. The van der Waals surface area contributed by atoms with E-state index in [1.807, 2.05) is 24.3 Å². The fourth-order valence-electron chi connectivity index (χ4n) is 2.09. The second-order valence-electron chi connectivity index (χ2n) is 5.32. The molecule has 0 bridgehead atoms. The van der Waals surface area contributed by atoms with Gasteiger partial charge in [-0.2, -0.15) is 9.97 Å². The molecule has 2 aromatic heterocycles. The van der Waals surface area contributed by atoms with Crippen molar-refractivity contribution in [2.24, 2.45) is 0 Å². The van der Waals surface area contributed by atoms with Crippen LogP contribution in [0.2, 0.25) is 10.0 Å². The van der Waals surface area contributed by atoms with E-state index in [-0.39, 0.29) is 11.8 Å². The molecule has 0 saturated carbocycles. The normalized spacial score (nSPS) is 10.4. The Balaban J connectivity index is 0.000000161. The lowest BCUT2D eigenvalue weighted by molar-refractivity contribution is 0.425. The zero-order valence-electron chi connectivity index (χ0n) is 14.2. The second kappa shape index (κ2) is 9.89. The number of nitrogens with zero attached hydrogens (tertiary/aromatic N) is 4. The van der Waals surface area contributed by atoms with E-state index in [1.54, 1.807) is 24.3 Å². The van der Waals surface area contributed by atoms with Crippen molar-refractivity contribution in [3.8, 4) is 22.9 Å². The van der Waals surface area contributed by atoms with E-state index in [0.717, 1.165) is 11.1 Å². The monoisotopic (exact) mass is 456 g/mol. The van der Waals surface area contributed by atoms with Crippen molar-refractivity contribution in [1.29, 1.82) is 0 Å². The Kier molecular flexibility index (Phi) is 7.28.